The standard InChI is InChI=1S/C14H18N4O/c1-11(10-15)17-6-8-18(9-7-17)13-4-2-12(3-5-13)14(16)19/h2-5,11H,6-9H2,1H3,(H2,16,19). The molecule has 5 nitrogen and oxygen atoms in total. The third-order valence-corrected chi connectivity index (χ3v) is 3.57. The number of rotatable bonds is 3. The first-order valence-electron chi connectivity index (χ1n) is 6.40. The van der Waals surface area contributed by atoms with Gasteiger partial charge in [0.25, 0.3) is 0 Å². The van der Waals surface area contributed by atoms with Gasteiger partial charge >= 0.3 is 0 Å². The zero-order chi connectivity index (χ0) is 13.8. The van der Waals surface area contributed by atoms with E-state index < -0.39 is 5.91 Å². The van der Waals surface area contributed by atoms with Gasteiger partial charge in [0.2, 0.25) is 5.91 Å². The van der Waals surface area contributed by atoms with Crippen molar-refractivity contribution in [3.8, 4) is 6.07 Å². The van der Waals surface area contributed by atoms with Crippen molar-refractivity contribution in [2.75, 3.05) is 31.1 Å². The lowest BCUT2D eigenvalue weighted by Gasteiger charge is -2.37. The molecule has 0 radical (unpaired) electrons. The lowest BCUT2D eigenvalue weighted by atomic mass is 10.1. The van der Waals surface area contributed by atoms with Gasteiger partial charge in [-0.2, -0.15) is 5.26 Å². The summed E-state index contributed by atoms with van der Waals surface area (Å²) in [4.78, 5) is 15.4. The predicted octanol–water partition coefficient (Wildman–Crippen LogP) is 0.820. The Morgan fingerprint density at radius 3 is 2.32 bits per heavy atom. The maximum absolute atomic E-state index is 11.0. The van der Waals surface area contributed by atoms with Crippen LogP contribution in [0.1, 0.15) is 17.3 Å². The molecular formula is C14H18N4O. The van der Waals surface area contributed by atoms with Crippen LogP contribution >= 0.6 is 0 Å². The van der Waals surface area contributed by atoms with Crippen molar-refractivity contribution in [1.29, 1.82) is 5.26 Å². The number of carbonyl (C=O) groups is 1. The Hall–Kier alpha value is -2.06. The second kappa shape index (κ2) is 5.72. The molecule has 0 aliphatic carbocycles. The summed E-state index contributed by atoms with van der Waals surface area (Å²) in [5.41, 5.74) is 6.84. The molecule has 5 heteroatoms. The molecular weight excluding hydrogens is 240 g/mol. The number of piperazine rings is 1. The molecule has 0 bridgehead atoms. The van der Waals surface area contributed by atoms with Gasteiger partial charge in [0.15, 0.2) is 0 Å². The molecule has 1 amide bonds. The average Bonchev–Trinajstić information content (AvgIpc) is 2.46. The molecule has 1 aliphatic heterocycles. The molecule has 0 saturated carbocycles. The number of hydrogen-bond donors (Lipinski definition) is 1. The molecule has 1 aromatic rings. The highest BCUT2D eigenvalue weighted by Gasteiger charge is 2.20. The average molecular weight is 258 g/mol. The third kappa shape index (κ3) is 3.04. The minimum Gasteiger partial charge on any atom is -0.369 e. The maximum Gasteiger partial charge on any atom is 0.248 e. The monoisotopic (exact) mass is 258 g/mol. The molecule has 0 aromatic heterocycles. The molecule has 1 atom stereocenters. The Bertz CT molecular complexity index is 483. The van der Waals surface area contributed by atoms with E-state index in [9.17, 15) is 4.79 Å². The van der Waals surface area contributed by atoms with E-state index in [0.29, 0.717) is 5.56 Å². The van der Waals surface area contributed by atoms with E-state index in [2.05, 4.69) is 15.9 Å². The van der Waals surface area contributed by atoms with Crippen LogP contribution in [0.15, 0.2) is 24.3 Å². The Balaban J connectivity index is 1.98. The molecule has 0 spiro atoms. The van der Waals surface area contributed by atoms with Crippen molar-refractivity contribution < 1.29 is 4.79 Å². The predicted molar refractivity (Wildman–Crippen MR) is 73.8 cm³/mol. The molecule has 1 fully saturated rings. The first kappa shape index (κ1) is 13.4. The fraction of sp³-hybridized carbons (Fsp3) is 0.429. The SMILES string of the molecule is CC(C#N)N1CCN(c2ccc(C(N)=O)cc2)CC1. The van der Waals surface area contributed by atoms with Crippen LogP contribution < -0.4 is 10.6 Å². The van der Waals surface area contributed by atoms with Crippen molar-refractivity contribution >= 4 is 11.6 Å². The Labute approximate surface area is 113 Å². The van der Waals surface area contributed by atoms with Gasteiger partial charge in [0, 0.05) is 37.4 Å². The van der Waals surface area contributed by atoms with Crippen LogP contribution in [0.25, 0.3) is 0 Å². The van der Waals surface area contributed by atoms with E-state index in [0.717, 1.165) is 31.9 Å². The van der Waals surface area contributed by atoms with Gasteiger partial charge < -0.3 is 10.6 Å². The molecule has 19 heavy (non-hydrogen) atoms. The normalized spacial score (nSPS) is 17.8. The number of nitrogens with two attached hydrogens (primary N) is 1. The van der Waals surface area contributed by atoms with Gasteiger partial charge in [0.05, 0.1) is 12.1 Å². The van der Waals surface area contributed by atoms with E-state index in [1.165, 1.54) is 0 Å². The maximum atomic E-state index is 11.0. The van der Waals surface area contributed by atoms with E-state index >= 15 is 0 Å². The zero-order valence-corrected chi connectivity index (χ0v) is 11.0. The molecule has 1 aromatic carbocycles. The van der Waals surface area contributed by atoms with Crippen LogP contribution in [-0.2, 0) is 0 Å². The summed E-state index contributed by atoms with van der Waals surface area (Å²) in [5, 5.41) is 8.90. The van der Waals surface area contributed by atoms with Crippen LogP contribution in [0.2, 0.25) is 0 Å². The van der Waals surface area contributed by atoms with E-state index in [1.807, 2.05) is 19.1 Å². The number of nitriles is 1. The fourth-order valence-corrected chi connectivity index (χ4v) is 2.29. The van der Waals surface area contributed by atoms with Gasteiger partial charge in [-0.1, -0.05) is 0 Å². The number of carbonyl (C=O) groups excluding carboxylic acids is 1. The van der Waals surface area contributed by atoms with E-state index in [1.54, 1.807) is 12.1 Å². The van der Waals surface area contributed by atoms with Crippen molar-refractivity contribution in [2.45, 2.75) is 13.0 Å². The first-order valence-corrected chi connectivity index (χ1v) is 6.40. The van der Waals surface area contributed by atoms with Crippen LogP contribution in [0.4, 0.5) is 5.69 Å². The number of benzene rings is 1. The Morgan fingerprint density at radius 2 is 1.84 bits per heavy atom. The van der Waals surface area contributed by atoms with Gasteiger partial charge in [-0.05, 0) is 31.2 Å². The Morgan fingerprint density at radius 1 is 1.26 bits per heavy atom. The largest absolute Gasteiger partial charge is 0.369 e. The number of amides is 1. The molecule has 1 saturated heterocycles. The number of hydrogen-bond acceptors (Lipinski definition) is 4. The third-order valence-electron chi connectivity index (χ3n) is 3.57. The second-order valence-corrected chi connectivity index (χ2v) is 4.74. The topological polar surface area (TPSA) is 73.4 Å². The fourth-order valence-electron chi connectivity index (χ4n) is 2.29. The van der Waals surface area contributed by atoms with Crippen LogP contribution in [0.3, 0.4) is 0 Å². The summed E-state index contributed by atoms with van der Waals surface area (Å²) in [7, 11) is 0. The van der Waals surface area contributed by atoms with Gasteiger partial charge in [-0.15, -0.1) is 0 Å². The highest BCUT2D eigenvalue weighted by atomic mass is 16.1. The quantitative estimate of drug-likeness (QED) is 0.871. The summed E-state index contributed by atoms with van der Waals surface area (Å²) in [6, 6.07) is 9.58. The highest BCUT2D eigenvalue weighted by Crippen LogP contribution is 2.18. The van der Waals surface area contributed by atoms with Gasteiger partial charge in [-0.25, -0.2) is 0 Å². The van der Waals surface area contributed by atoms with Crippen LogP contribution in [0.5, 0.6) is 0 Å². The summed E-state index contributed by atoms with van der Waals surface area (Å²) in [6.07, 6.45) is 0. The van der Waals surface area contributed by atoms with Crippen molar-refractivity contribution in [3.05, 3.63) is 29.8 Å². The summed E-state index contributed by atoms with van der Waals surface area (Å²) in [5.74, 6) is -0.404. The van der Waals surface area contributed by atoms with Gasteiger partial charge in [-0.3, -0.25) is 9.69 Å². The molecule has 2 N–H and O–H groups in total. The van der Waals surface area contributed by atoms with Crippen LogP contribution in [0, 0.1) is 11.3 Å². The lowest BCUT2D eigenvalue weighted by Crippen LogP contribution is -2.49. The number of nitrogens with zero attached hydrogens (tertiary/aromatic N) is 3. The minimum atomic E-state index is -0.404. The number of anilines is 1. The summed E-state index contributed by atoms with van der Waals surface area (Å²) in [6.45, 7) is 5.47. The minimum absolute atomic E-state index is 0.0283. The van der Waals surface area contributed by atoms with E-state index in [-0.39, 0.29) is 6.04 Å². The summed E-state index contributed by atoms with van der Waals surface area (Å²) < 4.78 is 0. The molecule has 1 aliphatic rings. The smallest absolute Gasteiger partial charge is 0.248 e. The van der Waals surface area contributed by atoms with Crippen molar-refractivity contribution in [1.82, 2.24) is 4.90 Å². The molecule has 1 heterocycles. The molecule has 100 valence electrons. The van der Waals surface area contributed by atoms with E-state index in [4.69, 9.17) is 11.0 Å². The van der Waals surface area contributed by atoms with Crippen LogP contribution in [-0.4, -0.2) is 43.0 Å². The summed E-state index contributed by atoms with van der Waals surface area (Å²) >= 11 is 0. The molecule has 2 rings (SSSR count). The zero-order valence-electron chi connectivity index (χ0n) is 11.0. The molecule has 1 unspecified atom stereocenters. The van der Waals surface area contributed by atoms with Crippen molar-refractivity contribution in [3.63, 3.8) is 0 Å². The first-order chi connectivity index (χ1) is 9.11. The number of primary amides is 1. The van der Waals surface area contributed by atoms with Crippen molar-refractivity contribution in [2.24, 2.45) is 5.73 Å². The highest BCUT2D eigenvalue weighted by molar-refractivity contribution is 5.93. The lowest BCUT2D eigenvalue weighted by molar-refractivity contribution is 0.100. The second-order valence-electron chi connectivity index (χ2n) is 4.74. The Kier molecular flexibility index (Phi) is 4.03. The van der Waals surface area contributed by atoms with Gasteiger partial charge in [0.1, 0.15) is 0 Å².